The van der Waals surface area contributed by atoms with E-state index in [0.717, 1.165) is 28.4 Å². The Morgan fingerprint density at radius 2 is 2.14 bits per heavy atom. The maximum atomic E-state index is 12.0. The van der Waals surface area contributed by atoms with Crippen LogP contribution in [0, 0.1) is 0 Å². The molecule has 5 heteroatoms. The van der Waals surface area contributed by atoms with Crippen molar-refractivity contribution >= 4 is 17.2 Å². The van der Waals surface area contributed by atoms with Crippen LogP contribution in [0.3, 0.4) is 0 Å². The molecule has 0 radical (unpaired) electrons. The van der Waals surface area contributed by atoms with Crippen molar-refractivity contribution in [2.45, 2.75) is 32.6 Å². The molecule has 1 amide bonds. The average molecular weight is 318 g/mol. The first-order valence-corrected chi connectivity index (χ1v) is 8.31. The lowest BCUT2D eigenvalue weighted by molar-refractivity contribution is -0.120. The molecular weight excluding hydrogens is 296 g/mol. The van der Waals surface area contributed by atoms with Gasteiger partial charge in [0.05, 0.1) is 24.2 Å². The summed E-state index contributed by atoms with van der Waals surface area (Å²) in [5.74, 6) is 1.28. The van der Waals surface area contributed by atoms with E-state index in [4.69, 9.17) is 4.74 Å². The van der Waals surface area contributed by atoms with E-state index in [0.29, 0.717) is 18.9 Å². The first-order chi connectivity index (χ1) is 10.6. The Balaban J connectivity index is 1.80. The molecule has 0 aliphatic carbocycles. The van der Waals surface area contributed by atoms with E-state index < -0.39 is 0 Å². The maximum Gasteiger partial charge on any atom is 0.226 e. The van der Waals surface area contributed by atoms with Gasteiger partial charge in [-0.05, 0) is 18.1 Å². The van der Waals surface area contributed by atoms with Crippen LogP contribution in [0.1, 0.15) is 36.0 Å². The Kier molecular flexibility index (Phi) is 5.95. The SMILES string of the molecule is COc1ccccc1CCNC(=O)Cc1csc(C(C)C)n1. The lowest BCUT2D eigenvalue weighted by atomic mass is 10.1. The number of amides is 1. The zero-order chi connectivity index (χ0) is 15.9. The van der Waals surface area contributed by atoms with Crippen LogP contribution < -0.4 is 10.1 Å². The third-order valence-electron chi connectivity index (χ3n) is 3.31. The molecule has 0 fully saturated rings. The van der Waals surface area contributed by atoms with Crippen molar-refractivity contribution in [2.75, 3.05) is 13.7 Å². The van der Waals surface area contributed by atoms with E-state index in [1.165, 1.54) is 0 Å². The number of carbonyl (C=O) groups excluding carboxylic acids is 1. The molecule has 118 valence electrons. The van der Waals surface area contributed by atoms with Crippen molar-refractivity contribution in [2.24, 2.45) is 0 Å². The number of hydrogen-bond donors (Lipinski definition) is 1. The van der Waals surface area contributed by atoms with Gasteiger partial charge in [0.1, 0.15) is 5.75 Å². The summed E-state index contributed by atoms with van der Waals surface area (Å²) in [7, 11) is 1.66. The summed E-state index contributed by atoms with van der Waals surface area (Å²) < 4.78 is 5.30. The number of methoxy groups -OCH3 is 1. The molecule has 2 aromatic rings. The predicted octanol–water partition coefficient (Wildman–Crippen LogP) is 3.18. The van der Waals surface area contributed by atoms with Gasteiger partial charge in [0.2, 0.25) is 5.91 Å². The first-order valence-electron chi connectivity index (χ1n) is 7.43. The minimum absolute atomic E-state index is 0.00973. The fourth-order valence-electron chi connectivity index (χ4n) is 2.14. The molecule has 0 atom stereocenters. The van der Waals surface area contributed by atoms with Gasteiger partial charge in [-0.2, -0.15) is 0 Å². The molecule has 1 heterocycles. The molecule has 0 unspecified atom stereocenters. The smallest absolute Gasteiger partial charge is 0.226 e. The highest BCUT2D eigenvalue weighted by Gasteiger charge is 2.10. The fourth-order valence-corrected chi connectivity index (χ4v) is 2.98. The van der Waals surface area contributed by atoms with Gasteiger partial charge in [-0.1, -0.05) is 32.0 Å². The molecule has 22 heavy (non-hydrogen) atoms. The summed E-state index contributed by atoms with van der Waals surface area (Å²) >= 11 is 1.62. The number of para-hydroxylation sites is 1. The van der Waals surface area contributed by atoms with Gasteiger partial charge in [0.15, 0.2) is 0 Å². The third-order valence-corrected chi connectivity index (χ3v) is 4.51. The van der Waals surface area contributed by atoms with Crippen molar-refractivity contribution < 1.29 is 9.53 Å². The number of nitrogens with zero attached hydrogens (tertiary/aromatic N) is 1. The number of hydrogen-bond acceptors (Lipinski definition) is 4. The molecule has 0 saturated carbocycles. The molecule has 0 spiro atoms. The molecular formula is C17H22N2O2S. The zero-order valence-electron chi connectivity index (χ0n) is 13.3. The van der Waals surface area contributed by atoms with Crippen molar-refractivity contribution in [3.63, 3.8) is 0 Å². The van der Waals surface area contributed by atoms with Crippen molar-refractivity contribution in [1.29, 1.82) is 0 Å². The van der Waals surface area contributed by atoms with Gasteiger partial charge in [0, 0.05) is 17.8 Å². The van der Waals surface area contributed by atoms with Gasteiger partial charge in [0.25, 0.3) is 0 Å². The molecule has 1 aromatic heterocycles. The Hall–Kier alpha value is -1.88. The zero-order valence-corrected chi connectivity index (χ0v) is 14.1. The van der Waals surface area contributed by atoms with Gasteiger partial charge in [-0.3, -0.25) is 4.79 Å². The number of ether oxygens (including phenoxy) is 1. The van der Waals surface area contributed by atoms with Crippen LogP contribution in [0.15, 0.2) is 29.6 Å². The number of thiazole rings is 1. The summed E-state index contributed by atoms with van der Waals surface area (Å²) in [6.07, 6.45) is 1.10. The topological polar surface area (TPSA) is 51.2 Å². The molecule has 1 N–H and O–H groups in total. The summed E-state index contributed by atoms with van der Waals surface area (Å²) in [6, 6.07) is 7.86. The molecule has 4 nitrogen and oxygen atoms in total. The highest BCUT2D eigenvalue weighted by molar-refractivity contribution is 7.09. The predicted molar refractivity (Wildman–Crippen MR) is 89.6 cm³/mol. The van der Waals surface area contributed by atoms with Crippen LogP contribution in [0.2, 0.25) is 0 Å². The van der Waals surface area contributed by atoms with Gasteiger partial charge < -0.3 is 10.1 Å². The van der Waals surface area contributed by atoms with Gasteiger partial charge in [-0.15, -0.1) is 11.3 Å². The normalized spacial score (nSPS) is 10.7. The Morgan fingerprint density at radius 3 is 2.82 bits per heavy atom. The van der Waals surface area contributed by atoms with E-state index >= 15 is 0 Å². The average Bonchev–Trinajstić information content (AvgIpc) is 2.96. The number of nitrogens with one attached hydrogen (secondary N) is 1. The summed E-state index contributed by atoms with van der Waals surface area (Å²) in [6.45, 7) is 4.81. The number of aromatic nitrogens is 1. The Morgan fingerprint density at radius 1 is 1.36 bits per heavy atom. The molecule has 0 aliphatic heterocycles. The minimum Gasteiger partial charge on any atom is -0.496 e. The molecule has 1 aromatic carbocycles. The quantitative estimate of drug-likeness (QED) is 0.853. The molecule has 0 aliphatic rings. The van der Waals surface area contributed by atoms with Gasteiger partial charge >= 0.3 is 0 Å². The number of carbonyl (C=O) groups is 1. The standard InChI is InChI=1S/C17H22N2O2S/c1-12(2)17-19-14(11-22-17)10-16(20)18-9-8-13-6-4-5-7-15(13)21-3/h4-7,11-12H,8-10H2,1-3H3,(H,18,20). The van der Waals surface area contributed by atoms with Crippen LogP contribution in [0.4, 0.5) is 0 Å². The number of rotatable bonds is 7. The Bertz CT molecular complexity index is 623. The highest BCUT2D eigenvalue weighted by atomic mass is 32.1. The van der Waals surface area contributed by atoms with Crippen molar-refractivity contribution in [3.8, 4) is 5.75 Å². The van der Waals surface area contributed by atoms with E-state index in [9.17, 15) is 4.79 Å². The minimum atomic E-state index is 0.00973. The second-order valence-electron chi connectivity index (χ2n) is 5.42. The van der Waals surface area contributed by atoms with Crippen LogP contribution in [-0.2, 0) is 17.6 Å². The molecule has 0 saturated heterocycles. The van der Waals surface area contributed by atoms with Crippen LogP contribution >= 0.6 is 11.3 Å². The van der Waals surface area contributed by atoms with E-state index in [2.05, 4.69) is 24.1 Å². The third kappa shape index (κ3) is 4.56. The monoisotopic (exact) mass is 318 g/mol. The van der Waals surface area contributed by atoms with Crippen LogP contribution in [0.25, 0.3) is 0 Å². The van der Waals surface area contributed by atoms with E-state index in [1.807, 2.05) is 29.6 Å². The summed E-state index contributed by atoms with van der Waals surface area (Å²) in [5, 5.41) is 5.99. The Labute approximate surface area is 135 Å². The second kappa shape index (κ2) is 7.94. The second-order valence-corrected chi connectivity index (χ2v) is 6.31. The van der Waals surface area contributed by atoms with Crippen molar-refractivity contribution in [1.82, 2.24) is 10.3 Å². The van der Waals surface area contributed by atoms with Gasteiger partial charge in [-0.25, -0.2) is 4.98 Å². The van der Waals surface area contributed by atoms with Crippen LogP contribution in [-0.4, -0.2) is 24.5 Å². The lowest BCUT2D eigenvalue weighted by Crippen LogP contribution is -2.27. The summed E-state index contributed by atoms with van der Waals surface area (Å²) in [4.78, 5) is 16.4. The largest absolute Gasteiger partial charge is 0.496 e. The van der Waals surface area contributed by atoms with Crippen molar-refractivity contribution in [3.05, 3.63) is 45.9 Å². The number of benzene rings is 1. The molecule has 0 bridgehead atoms. The molecule has 2 rings (SSSR count). The van der Waals surface area contributed by atoms with E-state index in [-0.39, 0.29) is 5.91 Å². The highest BCUT2D eigenvalue weighted by Crippen LogP contribution is 2.19. The fraction of sp³-hybridized carbons (Fsp3) is 0.412. The summed E-state index contributed by atoms with van der Waals surface area (Å²) in [5.41, 5.74) is 1.95. The maximum absolute atomic E-state index is 12.0. The van der Waals surface area contributed by atoms with E-state index in [1.54, 1.807) is 18.4 Å². The lowest BCUT2D eigenvalue weighted by Gasteiger charge is -2.08. The van der Waals surface area contributed by atoms with Crippen LogP contribution in [0.5, 0.6) is 5.75 Å². The first kappa shape index (κ1) is 16.5.